The number of ketones is 1. The van der Waals surface area contributed by atoms with Gasteiger partial charge in [-0.05, 0) is 12.1 Å². The van der Waals surface area contributed by atoms with Gasteiger partial charge in [-0.1, -0.05) is 48.5 Å². The minimum atomic E-state index is -3.85. The summed E-state index contributed by atoms with van der Waals surface area (Å²) < 4.78 is 23.8. The fraction of sp³-hybridized carbons (Fsp3) is 0.0667. The fourth-order valence-electron chi connectivity index (χ4n) is 1.70. The zero-order chi connectivity index (χ0) is 16.0. The maximum absolute atomic E-state index is 11.9. The summed E-state index contributed by atoms with van der Waals surface area (Å²) in [6.07, 6.45) is -0.443. The van der Waals surface area contributed by atoms with Gasteiger partial charge in [-0.3, -0.25) is 15.0 Å². The van der Waals surface area contributed by atoms with E-state index >= 15 is 0 Å². The number of hydrogen-bond donors (Lipinski definition) is 2. The van der Waals surface area contributed by atoms with E-state index < -0.39 is 28.1 Å². The summed E-state index contributed by atoms with van der Waals surface area (Å²) in [5, 5.41) is 0. The first-order valence-corrected chi connectivity index (χ1v) is 7.91. The van der Waals surface area contributed by atoms with Crippen molar-refractivity contribution >= 4 is 21.7 Å². The van der Waals surface area contributed by atoms with Gasteiger partial charge in [0.25, 0.3) is 10.0 Å². The lowest BCUT2D eigenvalue weighted by molar-refractivity contribution is -0.120. The van der Waals surface area contributed by atoms with Crippen LogP contribution >= 0.6 is 0 Å². The van der Waals surface area contributed by atoms with E-state index in [1.807, 2.05) is 10.3 Å². The van der Waals surface area contributed by atoms with Crippen molar-refractivity contribution < 1.29 is 18.0 Å². The summed E-state index contributed by atoms with van der Waals surface area (Å²) in [6.45, 7) is 0. The van der Waals surface area contributed by atoms with Gasteiger partial charge in [-0.25, -0.2) is 8.42 Å². The summed E-state index contributed by atoms with van der Waals surface area (Å²) in [7, 11) is -3.85. The number of rotatable bonds is 6. The van der Waals surface area contributed by atoms with Crippen molar-refractivity contribution in [1.29, 1.82) is 0 Å². The molecule has 22 heavy (non-hydrogen) atoms. The second-order valence-corrected chi connectivity index (χ2v) is 6.12. The van der Waals surface area contributed by atoms with Gasteiger partial charge < -0.3 is 0 Å². The average Bonchev–Trinajstić information content (AvgIpc) is 2.55. The van der Waals surface area contributed by atoms with E-state index in [1.54, 1.807) is 48.5 Å². The number of carbonyl (C=O) groups is 2. The Balaban J connectivity index is 1.92. The molecule has 2 N–H and O–H groups in total. The van der Waals surface area contributed by atoms with Crippen LogP contribution in [-0.4, -0.2) is 20.1 Å². The van der Waals surface area contributed by atoms with E-state index in [9.17, 15) is 18.0 Å². The van der Waals surface area contributed by atoms with Crippen LogP contribution in [0.15, 0.2) is 65.6 Å². The van der Waals surface area contributed by atoms with Crippen molar-refractivity contribution in [2.24, 2.45) is 0 Å². The Morgan fingerprint density at radius 1 is 0.864 bits per heavy atom. The largest absolute Gasteiger partial charge is 0.294 e. The highest BCUT2D eigenvalue weighted by Gasteiger charge is 2.16. The summed E-state index contributed by atoms with van der Waals surface area (Å²) in [4.78, 5) is 25.4. The SMILES string of the molecule is O=C(CC(=O)c1ccccc1)NNS(=O)(=O)c1ccccc1. The number of carbonyl (C=O) groups excluding carboxylic acids is 2. The van der Waals surface area contributed by atoms with Crippen molar-refractivity contribution in [1.82, 2.24) is 10.3 Å². The second kappa shape index (κ2) is 6.97. The van der Waals surface area contributed by atoms with Gasteiger partial charge in [-0.2, -0.15) is 0 Å². The van der Waals surface area contributed by atoms with Crippen molar-refractivity contribution in [3.05, 3.63) is 66.2 Å². The molecular formula is C15H14N2O4S. The standard InChI is InChI=1S/C15H14N2O4S/c18-14(12-7-3-1-4-8-12)11-15(19)16-17-22(20,21)13-9-5-2-6-10-13/h1-10,17H,11H2,(H,16,19). The minimum Gasteiger partial charge on any atom is -0.294 e. The zero-order valence-corrected chi connectivity index (χ0v) is 12.3. The predicted molar refractivity (Wildman–Crippen MR) is 80.3 cm³/mol. The van der Waals surface area contributed by atoms with Crippen LogP contribution in [0.3, 0.4) is 0 Å². The lowest BCUT2D eigenvalue weighted by Crippen LogP contribution is -2.42. The van der Waals surface area contributed by atoms with Gasteiger partial charge in [-0.15, -0.1) is 4.83 Å². The maximum atomic E-state index is 11.9. The van der Waals surface area contributed by atoms with Crippen molar-refractivity contribution in [2.75, 3.05) is 0 Å². The minimum absolute atomic E-state index is 0.0182. The first kappa shape index (κ1) is 15.9. The van der Waals surface area contributed by atoms with Gasteiger partial charge in [0.15, 0.2) is 5.78 Å². The molecule has 114 valence electrons. The van der Waals surface area contributed by atoms with Crippen molar-refractivity contribution in [3.63, 3.8) is 0 Å². The van der Waals surface area contributed by atoms with Crippen molar-refractivity contribution in [3.8, 4) is 0 Å². The molecular weight excluding hydrogens is 304 g/mol. The van der Waals surface area contributed by atoms with Crippen LogP contribution in [0, 0.1) is 0 Å². The Morgan fingerprint density at radius 3 is 2.00 bits per heavy atom. The summed E-state index contributed by atoms with van der Waals surface area (Å²) in [6, 6.07) is 15.9. The Hall–Kier alpha value is -2.51. The molecule has 0 unspecified atom stereocenters. The van der Waals surface area contributed by atoms with Crippen LogP contribution in [0.2, 0.25) is 0 Å². The lowest BCUT2D eigenvalue weighted by atomic mass is 10.1. The monoisotopic (exact) mass is 318 g/mol. The van der Waals surface area contributed by atoms with E-state index in [-0.39, 0.29) is 4.90 Å². The van der Waals surface area contributed by atoms with Crippen LogP contribution in [0.25, 0.3) is 0 Å². The molecule has 0 atom stereocenters. The molecule has 7 heteroatoms. The number of sulfonamides is 1. The third-order valence-electron chi connectivity index (χ3n) is 2.80. The van der Waals surface area contributed by atoms with Crippen LogP contribution in [-0.2, 0) is 14.8 Å². The highest BCUT2D eigenvalue weighted by atomic mass is 32.2. The van der Waals surface area contributed by atoms with Gasteiger partial charge in [0.2, 0.25) is 5.91 Å². The molecule has 0 bridgehead atoms. The Morgan fingerprint density at radius 2 is 1.41 bits per heavy atom. The molecule has 2 aromatic carbocycles. The van der Waals surface area contributed by atoms with E-state index in [1.165, 1.54) is 12.1 Å². The van der Waals surface area contributed by atoms with Gasteiger partial charge >= 0.3 is 0 Å². The normalized spacial score (nSPS) is 10.9. The Bertz CT molecular complexity index is 759. The van der Waals surface area contributed by atoms with E-state index in [0.29, 0.717) is 5.56 Å². The first-order valence-electron chi connectivity index (χ1n) is 6.43. The predicted octanol–water partition coefficient (Wildman–Crippen LogP) is 1.27. The fourth-order valence-corrected chi connectivity index (χ4v) is 2.58. The van der Waals surface area contributed by atoms with Crippen LogP contribution in [0.4, 0.5) is 0 Å². The molecule has 0 radical (unpaired) electrons. The molecule has 0 aliphatic heterocycles. The lowest BCUT2D eigenvalue weighted by Gasteiger charge is -2.08. The Labute approximate surface area is 128 Å². The molecule has 0 aliphatic rings. The average molecular weight is 318 g/mol. The first-order chi connectivity index (χ1) is 10.5. The topological polar surface area (TPSA) is 92.3 Å². The number of benzene rings is 2. The molecule has 0 aliphatic carbocycles. The molecule has 1 amide bonds. The maximum Gasteiger partial charge on any atom is 0.257 e. The molecule has 2 aromatic rings. The van der Waals surface area contributed by atoms with E-state index in [4.69, 9.17) is 0 Å². The second-order valence-electron chi connectivity index (χ2n) is 4.43. The molecule has 0 aromatic heterocycles. The van der Waals surface area contributed by atoms with Gasteiger partial charge in [0, 0.05) is 5.56 Å². The van der Waals surface area contributed by atoms with Crippen LogP contribution in [0.5, 0.6) is 0 Å². The van der Waals surface area contributed by atoms with Crippen LogP contribution in [0.1, 0.15) is 16.8 Å². The van der Waals surface area contributed by atoms with Crippen molar-refractivity contribution in [2.45, 2.75) is 11.3 Å². The summed E-state index contributed by atoms with van der Waals surface area (Å²) >= 11 is 0. The molecule has 0 saturated heterocycles. The third kappa shape index (κ3) is 4.24. The number of amides is 1. The number of hydrogen-bond acceptors (Lipinski definition) is 4. The number of nitrogens with one attached hydrogen (secondary N) is 2. The molecule has 0 spiro atoms. The third-order valence-corrected chi connectivity index (χ3v) is 4.06. The molecule has 0 heterocycles. The smallest absolute Gasteiger partial charge is 0.257 e. The zero-order valence-electron chi connectivity index (χ0n) is 11.5. The molecule has 0 fully saturated rings. The van der Waals surface area contributed by atoms with Gasteiger partial charge in [0.1, 0.15) is 0 Å². The molecule has 0 saturated carbocycles. The molecule has 6 nitrogen and oxygen atoms in total. The van der Waals surface area contributed by atoms with Gasteiger partial charge in [0.05, 0.1) is 11.3 Å². The summed E-state index contributed by atoms with van der Waals surface area (Å²) in [5.74, 6) is -1.12. The van der Waals surface area contributed by atoms with E-state index in [0.717, 1.165) is 0 Å². The Kier molecular flexibility index (Phi) is 5.03. The van der Waals surface area contributed by atoms with E-state index in [2.05, 4.69) is 0 Å². The molecule has 2 rings (SSSR count). The van der Waals surface area contributed by atoms with Crippen LogP contribution < -0.4 is 10.3 Å². The number of Topliss-reactive ketones (excluding diaryl/α,β-unsaturated/α-hetero) is 1. The highest BCUT2D eigenvalue weighted by molar-refractivity contribution is 7.89. The number of hydrazine groups is 1. The summed E-state index contributed by atoms with van der Waals surface area (Å²) in [5.41, 5.74) is 2.42. The highest BCUT2D eigenvalue weighted by Crippen LogP contribution is 2.06. The quantitative estimate of drug-likeness (QED) is 0.476.